The zero-order chi connectivity index (χ0) is 18.9. The van der Waals surface area contributed by atoms with Gasteiger partial charge in [0.25, 0.3) is 5.91 Å². The van der Waals surface area contributed by atoms with E-state index in [1.807, 2.05) is 4.90 Å². The van der Waals surface area contributed by atoms with Crippen LogP contribution in [-0.2, 0) is 4.79 Å². The predicted octanol–water partition coefficient (Wildman–Crippen LogP) is 2.23. The lowest BCUT2D eigenvalue weighted by atomic mass is 10.1. The number of carbonyl (C=O) groups is 2. The molecule has 1 saturated heterocycles. The van der Waals surface area contributed by atoms with Gasteiger partial charge in [0, 0.05) is 18.7 Å². The number of hydrogen-bond acceptors (Lipinski definition) is 5. The molecule has 7 heteroatoms. The molecule has 0 atom stereocenters. The molecule has 0 unspecified atom stereocenters. The van der Waals surface area contributed by atoms with Crippen LogP contribution >= 0.6 is 0 Å². The number of rotatable bonds is 6. The van der Waals surface area contributed by atoms with E-state index in [1.165, 1.54) is 27.8 Å². The third-order valence-corrected chi connectivity index (χ3v) is 4.54. The number of ether oxygens (including phenoxy) is 3. The van der Waals surface area contributed by atoms with Crippen molar-refractivity contribution in [1.29, 1.82) is 0 Å². The molecule has 1 aromatic rings. The molecule has 2 rings (SSSR count). The van der Waals surface area contributed by atoms with Gasteiger partial charge in [-0.3, -0.25) is 9.59 Å². The van der Waals surface area contributed by atoms with Crippen LogP contribution < -0.4 is 19.5 Å². The Kier molecular flexibility index (Phi) is 7.56. The summed E-state index contributed by atoms with van der Waals surface area (Å²) in [6.07, 6.45) is 5.59. The van der Waals surface area contributed by atoms with E-state index in [9.17, 15) is 9.59 Å². The number of methoxy groups -OCH3 is 3. The first kappa shape index (κ1) is 19.9. The van der Waals surface area contributed by atoms with Gasteiger partial charge in [0.15, 0.2) is 11.5 Å². The minimum absolute atomic E-state index is 0.0184. The summed E-state index contributed by atoms with van der Waals surface area (Å²) in [4.78, 5) is 26.7. The Morgan fingerprint density at radius 2 is 1.46 bits per heavy atom. The summed E-state index contributed by atoms with van der Waals surface area (Å²) in [5.74, 6) is 0.805. The van der Waals surface area contributed by atoms with Crippen LogP contribution in [0.15, 0.2) is 12.1 Å². The van der Waals surface area contributed by atoms with Crippen molar-refractivity contribution in [2.24, 2.45) is 0 Å². The first-order valence-electron chi connectivity index (χ1n) is 8.96. The highest BCUT2D eigenvalue weighted by Gasteiger charge is 2.19. The van der Waals surface area contributed by atoms with Crippen molar-refractivity contribution >= 4 is 11.8 Å². The van der Waals surface area contributed by atoms with Gasteiger partial charge in [-0.25, -0.2) is 0 Å². The molecule has 7 nitrogen and oxygen atoms in total. The van der Waals surface area contributed by atoms with Crippen LogP contribution in [-0.4, -0.2) is 57.7 Å². The molecule has 1 aliphatic rings. The molecule has 0 spiro atoms. The molecule has 0 saturated carbocycles. The maximum Gasteiger partial charge on any atom is 0.251 e. The fourth-order valence-electron chi connectivity index (χ4n) is 3.08. The van der Waals surface area contributed by atoms with Crippen LogP contribution in [0.4, 0.5) is 0 Å². The Morgan fingerprint density at radius 3 is 1.96 bits per heavy atom. The summed E-state index contributed by atoms with van der Waals surface area (Å²) >= 11 is 0. The lowest BCUT2D eigenvalue weighted by Crippen LogP contribution is -2.41. The van der Waals surface area contributed by atoms with E-state index in [-0.39, 0.29) is 18.4 Å². The summed E-state index contributed by atoms with van der Waals surface area (Å²) in [6, 6.07) is 3.13. The SMILES string of the molecule is COc1cc(C(=O)NCC(=O)N2CCCCCCC2)cc(OC)c1OC. The van der Waals surface area contributed by atoms with Gasteiger partial charge in [0.1, 0.15) is 0 Å². The van der Waals surface area contributed by atoms with Gasteiger partial charge >= 0.3 is 0 Å². The maximum absolute atomic E-state index is 12.5. The quantitative estimate of drug-likeness (QED) is 0.838. The highest BCUT2D eigenvalue weighted by Crippen LogP contribution is 2.38. The second-order valence-corrected chi connectivity index (χ2v) is 6.25. The maximum atomic E-state index is 12.5. The summed E-state index contributed by atoms with van der Waals surface area (Å²) in [7, 11) is 4.48. The predicted molar refractivity (Wildman–Crippen MR) is 98.1 cm³/mol. The van der Waals surface area contributed by atoms with Gasteiger partial charge in [-0.1, -0.05) is 19.3 Å². The third kappa shape index (κ3) is 5.03. The van der Waals surface area contributed by atoms with Gasteiger partial charge in [0.2, 0.25) is 11.7 Å². The zero-order valence-corrected chi connectivity index (χ0v) is 15.8. The largest absolute Gasteiger partial charge is 0.493 e. The average Bonchev–Trinajstić information content (AvgIpc) is 2.64. The van der Waals surface area contributed by atoms with Gasteiger partial charge < -0.3 is 24.4 Å². The van der Waals surface area contributed by atoms with Crippen LogP contribution in [0.3, 0.4) is 0 Å². The first-order chi connectivity index (χ1) is 12.6. The van der Waals surface area contributed by atoms with E-state index in [0.29, 0.717) is 22.8 Å². The number of nitrogens with zero attached hydrogens (tertiary/aromatic N) is 1. The van der Waals surface area contributed by atoms with Crippen molar-refractivity contribution < 1.29 is 23.8 Å². The molecular weight excluding hydrogens is 336 g/mol. The standard InChI is InChI=1S/C19H28N2O5/c1-24-15-11-14(12-16(25-2)18(15)26-3)19(23)20-13-17(22)21-9-7-5-4-6-8-10-21/h11-12H,4-10,13H2,1-3H3,(H,20,23). The van der Waals surface area contributed by atoms with E-state index < -0.39 is 0 Å². The van der Waals surface area contributed by atoms with Crippen molar-refractivity contribution in [3.8, 4) is 17.2 Å². The molecule has 2 amide bonds. The summed E-state index contributed by atoms with van der Waals surface area (Å²) in [6.45, 7) is 1.51. The Morgan fingerprint density at radius 1 is 0.923 bits per heavy atom. The monoisotopic (exact) mass is 364 g/mol. The van der Waals surface area contributed by atoms with Crippen LogP contribution in [0.25, 0.3) is 0 Å². The highest BCUT2D eigenvalue weighted by molar-refractivity contribution is 5.97. The van der Waals surface area contributed by atoms with E-state index in [2.05, 4.69) is 5.32 Å². The van der Waals surface area contributed by atoms with Gasteiger partial charge in [0.05, 0.1) is 27.9 Å². The summed E-state index contributed by atoms with van der Waals surface area (Å²) in [5.41, 5.74) is 0.347. The second-order valence-electron chi connectivity index (χ2n) is 6.25. The number of hydrogen-bond donors (Lipinski definition) is 1. The minimum atomic E-state index is -0.357. The normalized spacial score (nSPS) is 14.8. The highest BCUT2D eigenvalue weighted by atomic mass is 16.5. The molecule has 0 aliphatic carbocycles. The second kappa shape index (κ2) is 9.89. The summed E-state index contributed by atoms with van der Waals surface area (Å²) in [5, 5.41) is 2.69. The average molecular weight is 364 g/mol. The van der Waals surface area contributed by atoms with Crippen molar-refractivity contribution in [2.75, 3.05) is 41.0 Å². The first-order valence-corrected chi connectivity index (χ1v) is 8.96. The number of carbonyl (C=O) groups excluding carboxylic acids is 2. The molecule has 26 heavy (non-hydrogen) atoms. The van der Waals surface area contributed by atoms with Crippen molar-refractivity contribution in [3.05, 3.63) is 17.7 Å². The Labute approximate surface area is 154 Å². The molecular formula is C19H28N2O5. The number of benzene rings is 1. The lowest BCUT2D eigenvalue weighted by molar-refractivity contribution is -0.130. The molecule has 0 aromatic heterocycles. The zero-order valence-electron chi connectivity index (χ0n) is 15.8. The number of nitrogens with one attached hydrogen (secondary N) is 1. The van der Waals surface area contributed by atoms with E-state index in [1.54, 1.807) is 12.1 Å². The smallest absolute Gasteiger partial charge is 0.251 e. The molecule has 144 valence electrons. The Hall–Kier alpha value is -2.44. The van der Waals surface area contributed by atoms with E-state index >= 15 is 0 Å². The fraction of sp³-hybridized carbons (Fsp3) is 0.579. The molecule has 1 aromatic carbocycles. The Bertz CT molecular complexity index is 599. The topological polar surface area (TPSA) is 77.1 Å². The molecule has 1 N–H and O–H groups in total. The van der Waals surface area contributed by atoms with E-state index in [0.717, 1.165) is 38.8 Å². The van der Waals surface area contributed by atoms with Crippen LogP contribution in [0.5, 0.6) is 17.2 Å². The van der Waals surface area contributed by atoms with Crippen molar-refractivity contribution in [1.82, 2.24) is 10.2 Å². The third-order valence-electron chi connectivity index (χ3n) is 4.54. The summed E-state index contributed by atoms with van der Waals surface area (Å²) < 4.78 is 15.8. The Balaban J connectivity index is 2.01. The van der Waals surface area contributed by atoms with Crippen molar-refractivity contribution in [2.45, 2.75) is 32.1 Å². The molecule has 0 radical (unpaired) electrons. The van der Waals surface area contributed by atoms with Crippen LogP contribution in [0, 0.1) is 0 Å². The lowest BCUT2D eigenvalue weighted by Gasteiger charge is -2.25. The molecule has 0 bridgehead atoms. The molecule has 1 fully saturated rings. The number of likely N-dealkylation sites (tertiary alicyclic amines) is 1. The van der Waals surface area contributed by atoms with E-state index in [4.69, 9.17) is 14.2 Å². The van der Waals surface area contributed by atoms with Gasteiger partial charge in [-0.15, -0.1) is 0 Å². The molecule has 1 heterocycles. The van der Waals surface area contributed by atoms with Crippen LogP contribution in [0.2, 0.25) is 0 Å². The molecule has 1 aliphatic heterocycles. The van der Waals surface area contributed by atoms with Gasteiger partial charge in [-0.2, -0.15) is 0 Å². The fourth-order valence-corrected chi connectivity index (χ4v) is 3.08. The van der Waals surface area contributed by atoms with Gasteiger partial charge in [-0.05, 0) is 25.0 Å². The van der Waals surface area contributed by atoms with Crippen LogP contribution in [0.1, 0.15) is 42.5 Å². The van der Waals surface area contributed by atoms with Crippen molar-refractivity contribution in [3.63, 3.8) is 0 Å². The minimum Gasteiger partial charge on any atom is -0.493 e. The number of amides is 2.